The van der Waals surface area contributed by atoms with Crippen LogP contribution in [0.3, 0.4) is 0 Å². The Bertz CT molecular complexity index is 716. The van der Waals surface area contributed by atoms with E-state index in [0.717, 1.165) is 19.4 Å². The summed E-state index contributed by atoms with van der Waals surface area (Å²) in [5.74, 6) is 0. The first kappa shape index (κ1) is 20.7. The van der Waals surface area contributed by atoms with Gasteiger partial charge < -0.3 is 10.2 Å². The first-order valence-corrected chi connectivity index (χ1v) is 11.2. The van der Waals surface area contributed by atoms with Crippen molar-refractivity contribution in [3.63, 3.8) is 0 Å². The average Bonchev–Trinajstić information content (AvgIpc) is 3.27. The number of likely N-dealkylation sites (tertiary alicyclic amines) is 1. The van der Waals surface area contributed by atoms with Gasteiger partial charge in [-0.3, -0.25) is 9.69 Å². The molecular weight excluding hydrogens is 366 g/mol. The third kappa shape index (κ3) is 4.70. The molecule has 0 radical (unpaired) electrons. The number of hydrogen-bond acceptors (Lipinski definition) is 4. The Labute approximate surface area is 173 Å². The van der Waals surface area contributed by atoms with E-state index in [1.54, 1.807) is 0 Å². The summed E-state index contributed by atoms with van der Waals surface area (Å²) < 4.78 is 0. The van der Waals surface area contributed by atoms with Crippen molar-refractivity contribution in [1.29, 1.82) is 0 Å². The van der Waals surface area contributed by atoms with Crippen molar-refractivity contribution in [2.24, 2.45) is 0 Å². The summed E-state index contributed by atoms with van der Waals surface area (Å²) in [4.78, 5) is 17.4. The van der Waals surface area contributed by atoms with Crippen molar-refractivity contribution in [2.45, 2.75) is 55.5 Å². The number of carbonyl (C=O) groups excluding carboxylic acids is 1. The minimum Gasteiger partial charge on any atom is -0.359 e. The normalized spacial score (nSPS) is 16.4. The molecule has 1 unspecified atom stereocenters. The van der Waals surface area contributed by atoms with Crippen molar-refractivity contribution in [3.8, 4) is 0 Å². The van der Waals surface area contributed by atoms with Crippen LogP contribution in [0.15, 0.2) is 58.3 Å². The molecule has 2 aliphatic heterocycles. The molecule has 1 saturated heterocycles. The van der Waals surface area contributed by atoms with Crippen molar-refractivity contribution < 1.29 is 4.79 Å². The summed E-state index contributed by atoms with van der Waals surface area (Å²) in [6, 6.07) is 17.7. The Morgan fingerprint density at radius 2 is 1.57 bits per heavy atom. The zero-order valence-corrected chi connectivity index (χ0v) is 17.8. The summed E-state index contributed by atoms with van der Waals surface area (Å²) in [6.07, 6.45) is 6.01. The lowest BCUT2D eigenvalue weighted by Crippen LogP contribution is -2.45. The van der Waals surface area contributed by atoms with E-state index in [1.807, 2.05) is 18.7 Å². The molecule has 2 aliphatic rings. The minimum atomic E-state index is 0.464. The van der Waals surface area contributed by atoms with Gasteiger partial charge in [-0.1, -0.05) is 49.9 Å². The van der Waals surface area contributed by atoms with Crippen LogP contribution in [0.4, 0.5) is 11.4 Å². The van der Waals surface area contributed by atoms with Gasteiger partial charge in [-0.2, -0.15) is 0 Å². The van der Waals surface area contributed by atoms with E-state index in [0.29, 0.717) is 12.6 Å². The zero-order chi connectivity index (χ0) is 19.8. The molecule has 1 fully saturated rings. The van der Waals surface area contributed by atoms with Crippen LogP contribution in [-0.2, 0) is 4.79 Å². The molecule has 28 heavy (non-hydrogen) atoms. The Morgan fingerprint density at radius 1 is 1.00 bits per heavy atom. The fourth-order valence-corrected chi connectivity index (χ4v) is 4.97. The summed E-state index contributed by atoms with van der Waals surface area (Å²) in [5.41, 5.74) is 2.73. The molecule has 2 aromatic carbocycles. The van der Waals surface area contributed by atoms with Crippen molar-refractivity contribution >= 4 is 29.5 Å². The zero-order valence-electron chi connectivity index (χ0n) is 16.9. The summed E-state index contributed by atoms with van der Waals surface area (Å²) in [5, 5.41) is 2.52. The van der Waals surface area contributed by atoms with Crippen molar-refractivity contribution in [2.75, 3.05) is 24.5 Å². The summed E-state index contributed by atoms with van der Waals surface area (Å²) >= 11 is 1.90. The van der Waals surface area contributed by atoms with Crippen LogP contribution in [0.5, 0.6) is 0 Å². The molecule has 0 saturated carbocycles. The van der Waals surface area contributed by atoms with E-state index >= 15 is 0 Å². The molecule has 4 nitrogen and oxygen atoms in total. The lowest BCUT2D eigenvalue weighted by Gasteiger charge is -2.42. The number of fused-ring (bicyclic) bond motifs is 2. The van der Waals surface area contributed by atoms with Crippen LogP contribution in [0.1, 0.15) is 39.5 Å². The molecule has 5 heteroatoms. The fraction of sp³-hybridized carbons (Fsp3) is 0.435. The Balaban J connectivity index is 0.000000330. The van der Waals surface area contributed by atoms with Crippen LogP contribution < -0.4 is 10.2 Å². The van der Waals surface area contributed by atoms with Gasteiger partial charge >= 0.3 is 0 Å². The molecule has 0 aromatic heterocycles. The first-order chi connectivity index (χ1) is 13.8. The molecule has 1 N–H and O–H groups in total. The predicted octanol–water partition coefficient (Wildman–Crippen LogP) is 5.26. The standard InChI is InChI=1S/C19H22N2S.C4H9NO/c1-2-19(20-13-7-8-14-20)21-15-9-3-5-11-17(15)22-18-12-6-4-10-16(18)21;1-2-3-5-4-6/h3-6,9-12,19H,2,7-8,13-14H2,1H3;4H,2-3H2,1H3,(H,5,6). The van der Waals surface area contributed by atoms with E-state index in [-0.39, 0.29) is 0 Å². The maximum absolute atomic E-state index is 9.45. The Kier molecular flexibility index (Phi) is 7.80. The van der Waals surface area contributed by atoms with E-state index in [1.165, 1.54) is 47.1 Å². The quantitative estimate of drug-likeness (QED) is 0.532. The number of amides is 1. The highest BCUT2D eigenvalue weighted by Gasteiger charge is 2.32. The van der Waals surface area contributed by atoms with Crippen molar-refractivity contribution in [1.82, 2.24) is 10.2 Å². The van der Waals surface area contributed by atoms with Gasteiger partial charge in [0, 0.05) is 29.4 Å². The highest BCUT2D eigenvalue weighted by Crippen LogP contribution is 2.49. The van der Waals surface area contributed by atoms with Gasteiger partial charge in [0.05, 0.1) is 17.5 Å². The molecule has 4 rings (SSSR count). The van der Waals surface area contributed by atoms with Gasteiger partial charge in [-0.15, -0.1) is 0 Å². The van der Waals surface area contributed by atoms with E-state index in [9.17, 15) is 4.79 Å². The van der Waals surface area contributed by atoms with Gasteiger partial charge in [-0.25, -0.2) is 0 Å². The molecule has 150 valence electrons. The monoisotopic (exact) mass is 397 g/mol. The maximum atomic E-state index is 9.45. The lowest BCUT2D eigenvalue weighted by atomic mass is 10.1. The van der Waals surface area contributed by atoms with E-state index in [2.05, 4.69) is 70.6 Å². The smallest absolute Gasteiger partial charge is 0.207 e. The first-order valence-electron chi connectivity index (χ1n) is 10.4. The Morgan fingerprint density at radius 3 is 2.04 bits per heavy atom. The number of nitrogens with zero attached hydrogens (tertiary/aromatic N) is 2. The summed E-state index contributed by atoms with van der Waals surface area (Å²) in [6.45, 7) is 7.58. The van der Waals surface area contributed by atoms with Crippen LogP contribution in [-0.4, -0.2) is 37.1 Å². The second-order valence-corrected chi connectivity index (χ2v) is 8.20. The molecular formula is C23H31N3OS. The number of nitrogens with one attached hydrogen (secondary N) is 1. The highest BCUT2D eigenvalue weighted by atomic mass is 32.2. The molecule has 1 atom stereocenters. The van der Waals surface area contributed by atoms with Crippen molar-refractivity contribution in [3.05, 3.63) is 48.5 Å². The second-order valence-electron chi connectivity index (χ2n) is 7.11. The van der Waals surface area contributed by atoms with E-state index < -0.39 is 0 Å². The Hall–Kier alpha value is -1.98. The number of benzene rings is 2. The maximum Gasteiger partial charge on any atom is 0.207 e. The molecule has 0 spiro atoms. The summed E-state index contributed by atoms with van der Waals surface area (Å²) in [7, 11) is 0. The van der Waals surface area contributed by atoms with Gasteiger partial charge in [0.1, 0.15) is 0 Å². The molecule has 1 amide bonds. The third-order valence-corrected chi connectivity index (χ3v) is 6.30. The van der Waals surface area contributed by atoms with Gasteiger partial charge in [-0.05, 0) is 49.9 Å². The second kappa shape index (κ2) is 10.5. The topological polar surface area (TPSA) is 35.6 Å². The van der Waals surface area contributed by atoms with Crippen LogP contribution >= 0.6 is 11.8 Å². The molecule has 2 aromatic rings. The van der Waals surface area contributed by atoms with E-state index in [4.69, 9.17) is 0 Å². The third-order valence-electron chi connectivity index (χ3n) is 5.17. The fourth-order valence-electron chi connectivity index (χ4n) is 3.90. The number of carbonyl (C=O) groups is 1. The average molecular weight is 398 g/mol. The molecule has 2 heterocycles. The van der Waals surface area contributed by atoms with Gasteiger partial charge in [0.2, 0.25) is 6.41 Å². The lowest BCUT2D eigenvalue weighted by molar-refractivity contribution is -0.109. The van der Waals surface area contributed by atoms with Crippen LogP contribution in [0.2, 0.25) is 0 Å². The minimum absolute atomic E-state index is 0.464. The van der Waals surface area contributed by atoms with Crippen LogP contribution in [0.25, 0.3) is 0 Å². The van der Waals surface area contributed by atoms with Gasteiger partial charge in [0.15, 0.2) is 0 Å². The molecule has 0 bridgehead atoms. The van der Waals surface area contributed by atoms with Crippen LogP contribution in [0, 0.1) is 0 Å². The number of para-hydroxylation sites is 2. The highest BCUT2D eigenvalue weighted by molar-refractivity contribution is 7.99. The SMILES string of the molecule is CCC(N1CCCC1)N1c2ccccc2Sc2ccccc21.CCCNC=O. The number of hydrogen-bond donors (Lipinski definition) is 1. The predicted molar refractivity (Wildman–Crippen MR) is 118 cm³/mol. The molecule has 0 aliphatic carbocycles. The van der Waals surface area contributed by atoms with Gasteiger partial charge in [0.25, 0.3) is 0 Å². The number of rotatable bonds is 6. The largest absolute Gasteiger partial charge is 0.359 e. The number of anilines is 2.